The van der Waals surface area contributed by atoms with Gasteiger partial charge in [-0.15, -0.1) is 0 Å². The summed E-state index contributed by atoms with van der Waals surface area (Å²) >= 11 is 5.30. The Morgan fingerprint density at radius 1 is 1.29 bits per heavy atom. The Hall–Kier alpha value is -1.30. The maximum absolute atomic E-state index is 12.0. The SMILES string of the molecule is CCNC1C(=O)Nc2cc(Sc3ccccc3)c(Br)cc21. The molecule has 0 radical (unpaired) electrons. The average molecular weight is 363 g/mol. The van der Waals surface area contributed by atoms with Crippen LogP contribution >= 0.6 is 27.7 Å². The highest BCUT2D eigenvalue weighted by atomic mass is 79.9. The highest BCUT2D eigenvalue weighted by Crippen LogP contribution is 2.41. The molecule has 1 heterocycles. The molecule has 1 amide bonds. The first-order valence-corrected chi connectivity index (χ1v) is 8.40. The number of hydrogen-bond acceptors (Lipinski definition) is 3. The number of carbonyl (C=O) groups excluding carboxylic acids is 1. The van der Waals surface area contributed by atoms with E-state index < -0.39 is 0 Å². The molecular formula is C16H15BrN2OS. The fourth-order valence-corrected chi connectivity index (χ4v) is 3.85. The van der Waals surface area contributed by atoms with Gasteiger partial charge in [0.05, 0.1) is 0 Å². The topological polar surface area (TPSA) is 41.1 Å². The van der Waals surface area contributed by atoms with Crippen LogP contribution in [-0.4, -0.2) is 12.5 Å². The lowest BCUT2D eigenvalue weighted by atomic mass is 10.1. The summed E-state index contributed by atoms with van der Waals surface area (Å²) < 4.78 is 1.01. The van der Waals surface area contributed by atoms with Gasteiger partial charge >= 0.3 is 0 Å². The average Bonchev–Trinajstić information content (AvgIpc) is 2.77. The number of benzene rings is 2. The van der Waals surface area contributed by atoms with Crippen LogP contribution < -0.4 is 10.6 Å². The Balaban J connectivity index is 1.92. The van der Waals surface area contributed by atoms with Crippen LogP contribution in [0.3, 0.4) is 0 Å². The zero-order valence-corrected chi connectivity index (χ0v) is 13.9. The first kappa shape index (κ1) is 14.6. The Bertz CT molecular complexity index is 675. The highest BCUT2D eigenvalue weighted by molar-refractivity contribution is 9.10. The van der Waals surface area contributed by atoms with E-state index in [4.69, 9.17) is 0 Å². The number of nitrogens with one attached hydrogen (secondary N) is 2. The van der Waals surface area contributed by atoms with Crippen LogP contribution in [0, 0.1) is 0 Å². The first-order chi connectivity index (χ1) is 10.2. The quantitative estimate of drug-likeness (QED) is 0.855. The van der Waals surface area contributed by atoms with E-state index in [1.54, 1.807) is 11.8 Å². The molecule has 3 rings (SSSR count). The van der Waals surface area contributed by atoms with Crippen LogP contribution in [0.1, 0.15) is 18.5 Å². The number of rotatable bonds is 4. The normalized spacial score (nSPS) is 16.7. The maximum Gasteiger partial charge on any atom is 0.246 e. The second-order valence-electron chi connectivity index (χ2n) is 4.76. The van der Waals surface area contributed by atoms with Crippen LogP contribution in [-0.2, 0) is 4.79 Å². The van der Waals surface area contributed by atoms with Crippen LogP contribution in [0.15, 0.2) is 56.7 Å². The standard InChI is InChI=1S/C16H15BrN2OS/c1-2-18-15-11-8-12(17)14(9-13(11)19-16(15)20)21-10-6-4-3-5-7-10/h3-9,15,18H,2H2,1H3,(H,19,20). The van der Waals surface area contributed by atoms with Gasteiger partial charge in [-0.1, -0.05) is 36.9 Å². The van der Waals surface area contributed by atoms with Gasteiger partial charge in [-0.05, 0) is 46.7 Å². The van der Waals surface area contributed by atoms with Crippen molar-refractivity contribution in [1.82, 2.24) is 5.32 Å². The molecule has 0 spiro atoms. The molecule has 2 aromatic carbocycles. The summed E-state index contributed by atoms with van der Waals surface area (Å²) in [6.45, 7) is 2.76. The molecular weight excluding hydrogens is 348 g/mol. The predicted molar refractivity (Wildman–Crippen MR) is 89.8 cm³/mol. The van der Waals surface area contributed by atoms with E-state index in [-0.39, 0.29) is 11.9 Å². The minimum atomic E-state index is -0.253. The largest absolute Gasteiger partial charge is 0.324 e. The lowest BCUT2D eigenvalue weighted by Crippen LogP contribution is -2.27. The van der Waals surface area contributed by atoms with E-state index in [1.807, 2.05) is 37.3 Å². The van der Waals surface area contributed by atoms with E-state index in [1.165, 1.54) is 4.90 Å². The van der Waals surface area contributed by atoms with Crippen molar-refractivity contribution in [2.24, 2.45) is 0 Å². The fourth-order valence-electron chi connectivity index (χ4n) is 2.36. The summed E-state index contributed by atoms with van der Waals surface area (Å²) in [6, 6.07) is 14.0. The molecule has 0 saturated carbocycles. The van der Waals surface area contributed by atoms with E-state index in [0.29, 0.717) is 0 Å². The van der Waals surface area contributed by atoms with Crippen molar-refractivity contribution in [3.63, 3.8) is 0 Å². The molecule has 2 aromatic rings. The molecule has 0 bridgehead atoms. The molecule has 0 aromatic heterocycles. The van der Waals surface area contributed by atoms with Crippen molar-refractivity contribution in [2.45, 2.75) is 22.8 Å². The molecule has 0 saturated heterocycles. The molecule has 0 fully saturated rings. The van der Waals surface area contributed by atoms with E-state index >= 15 is 0 Å². The molecule has 0 aliphatic carbocycles. The second-order valence-corrected chi connectivity index (χ2v) is 6.73. The molecule has 21 heavy (non-hydrogen) atoms. The highest BCUT2D eigenvalue weighted by Gasteiger charge is 2.30. The number of hydrogen-bond donors (Lipinski definition) is 2. The van der Waals surface area contributed by atoms with E-state index in [2.05, 4.69) is 38.7 Å². The summed E-state index contributed by atoms with van der Waals surface area (Å²) in [7, 11) is 0. The minimum Gasteiger partial charge on any atom is -0.324 e. The summed E-state index contributed by atoms with van der Waals surface area (Å²) in [6.07, 6.45) is 0. The summed E-state index contributed by atoms with van der Waals surface area (Å²) in [4.78, 5) is 14.3. The number of anilines is 1. The third-order valence-electron chi connectivity index (χ3n) is 3.31. The Labute approximate surface area is 136 Å². The Kier molecular flexibility index (Phi) is 4.33. The van der Waals surface area contributed by atoms with Gasteiger partial charge in [0, 0.05) is 25.5 Å². The first-order valence-electron chi connectivity index (χ1n) is 6.79. The molecule has 1 unspecified atom stereocenters. The third-order valence-corrected chi connectivity index (χ3v) is 5.30. The number of carbonyl (C=O) groups is 1. The molecule has 3 nitrogen and oxygen atoms in total. The van der Waals surface area contributed by atoms with E-state index in [0.717, 1.165) is 27.2 Å². The van der Waals surface area contributed by atoms with Crippen molar-refractivity contribution in [3.05, 3.63) is 52.5 Å². The predicted octanol–water partition coefficient (Wildman–Crippen LogP) is 4.20. The number of fused-ring (bicyclic) bond motifs is 1. The second kappa shape index (κ2) is 6.22. The van der Waals surface area contributed by atoms with Gasteiger partial charge in [0.15, 0.2) is 0 Å². The van der Waals surface area contributed by atoms with Gasteiger partial charge in [-0.25, -0.2) is 0 Å². The van der Waals surface area contributed by atoms with Gasteiger partial charge in [0.25, 0.3) is 0 Å². The lowest BCUT2D eigenvalue weighted by molar-refractivity contribution is -0.117. The number of amides is 1. The monoisotopic (exact) mass is 362 g/mol. The molecule has 1 aliphatic heterocycles. The van der Waals surface area contributed by atoms with Crippen LogP contribution in [0.25, 0.3) is 0 Å². The van der Waals surface area contributed by atoms with Crippen molar-refractivity contribution in [2.75, 3.05) is 11.9 Å². The molecule has 5 heteroatoms. The van der Waals surface area contributed by atoms with Crippen LogP contribution in [0.2, 0.25) is 0 Å². The number of likely N-dealkylation sites (N-methyl/N-ethyl adjacent to an activating group) is 1. The van der Waals surface area contributed by atoms with Crippen molar-refractivity contribution in [3.8, 4) is 0 Å². The summed E-state index contributed by atoms with van der Waals surface area (Å²) in [5.41, 5.74) is 1.90. The van der Waals surface area contributed by atoms with Crippen LogP contribution in [0.4, 0.5) is 5.69 Å². The van der Waals surface area contributed by atoms with Gasteiger partial charge in [0.1, 0.15) is 6.04 Å². The summed E-state index contributed by atoms with van der Waals surface area (Å²) in [5.74, 6) is 0.0145. The van der Waals surface area contributed by atoms with Crippen molar-refractivity contribution >= 4 is 39.3 Å². The molecule has 1 aliphatic rings. The van der Waals surface area contributed by atoms with Crippen molar-refractivity contribution in [1.29, 1.82) is 0 Å². The Morgan fingerprint density at radius 3 is 2.76 bits per heavy atom. The van der Waals surface area contributed by atoms with Gasteiger partial charge < -0.3 is 10.6 Å². The molecule has 2 N–H and O–H groups in total. The third kappa shape index (κ3) is 3.00. The summed E-state index contributed by atoms with van der Waals surface area (Å²) in [5, 5.41) is 6.16. The Morgan fingerprint density at radius 2 is 2.05 bits per heavy atom. The van der Waals surface area contributed by atoms with Crippen molar-refractivity contribution < 1.29 is 4.79 Å². The fraction of sp³-hybridized carbons (Fsp3) is 0.188. The zero-order valence-electron chi connectivity index (χ0n) is 11.5. The smallest absolute Gasteiger partial charge is 0.246 e. The number of halogens is 1. The zero-order chi connectivity index (χ0) is 14.8. The van der Waals surface area contributed by atoms with E-state index in [9.17, 15) is 4.79 Å². The van der Waals surface area contributed by atoms with Gasteiger partial charge in [-0.3, -0.25) is 4.79 Å². The lowest BCUT2D eigenvalue weighted by Gasteiger charge is -2.11. The molecule has 108 valence electrons. The maximum atomic E-state index is 12.0. The van der Waals surface area contributed by atoms with Crippen LogP contribution in [0.5, 0.6) is 0 Å². The molecule has 1 atom stereocenters. The minimum absolute atomic E-state index is 0.0145. The van der Waals surface area contributed by atoms with Gasteiger partial charge in [0.2, 0.25) is 5.91 Å². The van der Waals surface area contributed by atoms with Gasteiger partial charge in [-0.2, -0.15) is 0 Å².